The Balaban J connectivity index is 1.49. The van der Waals surface area contributed by atoms with E-state index in [9.17, 15) is 5.26 Å². The Kier molecular flexibility index (Phi) is 6.03. The Morgan fingerprint density at radius 2 is 1.26 bits per heavy atom. The summed E-state index contributed by atoms with van der Waals surface area (Å²) < 4.78 is 12.6. The summed E-state index contributed by atoms with van der Waals surface area (Å²) >= 11 is 0. The summed E-state index contributed by atoms with van der Waals surface area (Å²) in [5, 5.41) is 12.0. The summed E-state index contributed by atoms with van der Waals surface area (Å²) in [5.41, 5.74) is 2.84. The smallest absolute Gasteiger partial charge is 0.399 e. The Morgan fingerprint density at radius 1 is 0.641 bits per heavy atom. The second kappa shape index (κ2) is 9.42. The van der Waals surface area contributed by atoms with Crippen LogP contribution in [0.25, 0.3) is 44.9 Å². The highest BCUT2D eigenvalue weighted by molar-refractivity contribution is 6.62. The van der Waals surface area contributed by atoms with Gasteiger partial charge in [-0.2, -0.15) is 5.26 Å². The molecule has 190 valence electrons. The lowest BCUT2D eigenvalue weighted by atomic mass is 9.78. The molecule has 6 rings (SSSR count). The molecule has 1 aromatic heterocycles. The molecule has 1 saturated heterocycles. The standard InChI is InChI=1S/C32H27BN4O2/c1-31(2)32(3,4)39-33(38-31)26-14-9-13-23(19-26)28-35-29(24-17-16-21-10-5-6-11-22(21)18-24)37-30(36-28)27-15-8-7-12-25(27)20-34/h5-19H,1-4H3. The zero-order valence-electron chi connectivity index (χ0n) is 22.3. The molecule has 0 saturated carbocycles. The van der Waals surface area contributed by atoms with Crippen molar-refractivity contribution in [2.24, 2.45) is 0 Å². The largest absolute Gasteiger partial charge is 0.494 e. The van der Waals surface area contributed by atoms with Crippen LogP contribution in [0.15, 0.2) is 91.0 Å². The van der Waals surface area contributed by atoms with Crippen LogP contribution < -0.4 is 5.46 Å². The van der Waals surface area contributed by atoms with Gasteiger partial charge in [-0.3, -0.25) is 0 Å². The lowest BCUT2D eigenvalue weighted by Crippen LogP contribution is -2.41. The maximum atomic E-state index is 9.76. The van der Waals surface area contributed by atoms with Crippen molar-refractivity contribution in [1.82, 2.24) is 15.0 Å². The molecule has 1 aliphatic heterocycles. The van der Waals surface area contributed by atoms with E-state index in [1.807, 2.05) is 88.4 Å². The molecule has 0 unspecified atom stereocenters. The molecule has 6 nitrogen and oxygen atoms in total. The molecule has 39 heavy (non-hydrogen) atoms. The SMILES string of the molecule is CC1(C)OB(c2cccc(-c3nc(-c4ccc5ccccc5c4)nc(-c4ccccc4C#N)n3)c2)OC1(C)C. The first-order valence-electron chi connectivity index (χ1n) is 12.9. The van der Waals surface area contributed by atoms with Crippen LogP contribution in [-0.4, -0.2) is 33.3 Å². The van der Waals surface area contributed by atoms with Crippen LogP contribution in [0.3, 0.4) is 0 Å². The van der Waals surface area contributed by atoms with E-state index in [1.54, 1.807) is 6.07 Å². The monoisotopic (exact) mass is 510 g/mol. The number of benzene rings is 4. The highest BCUT2D eigenvalue weighted by Crippen LogP contribution is 2.37. The van der Waals surface area contributed by atoms with Crippen LogP contribution in [-0.2, 0) is 9.31 Å². The summed E-state index contributed by atoms with van der Waals surface area (Å²) in [6.07, 6.45) is 0. The fourth-order valence-corrected chi connectivity index (χ4v) is 4.66. The van der Waals surface area contributed by atoms with Gasteiger partial charge < -0.3 is 9.31 Å². The number of rotatable bonds is 4. The average Bonchev–Trinajstić information content (AvgIpc) is 3.18. The Hall–Kier alpha value is -4.38. The van der Waals surface area contributed by atoms with Gasteiger partial charge in [0, 0.05) is 16.7 Å². The van der Waals surface area contributed by atoms with E-state index in [4.69, 9.17) is 24.3 Å². The predicted molar refractivity (Wildman–Crippen MR) is 154 cm³/mol. The van der Waals surface area contributed by atoms with Crippen LogP contribution >= 0.6 is 0 Å². The average molecular weight is 510 g/mol. The fraction of sp³-hybridized carbons (Fsp3) is 0.188. The van der Waals surface area contributed by atoms with Gasteiger partial charge in [-0.1, -0.05) is 72.8 Å². The van der Waals surface area contributed by atoms with Crippen LogP contribution in [0.4, 0.5) is 0 Å². The van der Waals surface area contributed by atoms with Crippen LogP contribution in [0, 0.1) is 11.3 Å². The molecule has 0 spiro atoms. The normalized spacial score (nSPS) is 15.8. The lowest BCUT2D eigenvalue weighted by molar-refractivity contribution is 0.00578. The maximum absolute atomic E-state index is 9.76. The van der Waals surface area contributed by atoms with Crippen LogP contribution in [0.5, 0.6) is 0 Å². The minimum atomic E-state index is -0.504. The maximum Gasteiger partial charge on any atom is 0.494 e. The summed E-state index contributed by atoms with van der Waals surface area (Å²) in [7, 11) is -0.504. The molecule has 0 radical (unpaired) electrons. The first-order chi connectivity index (χ1) is 18.7. The zero-order valence-corrected chi connectivity index (χ0v) is 22.3. The summed E-state index contributed by atoms with van der Waals surface area (Å²) in [6, 6.07) is 31.9. The summed E-state index contributed by atoms with van der Waals surface area (Å²) in [6.45, 7) is 8.16. The lowest BCUT2D eigenvalue weighted by Gasteiger charge is -2.32. The van der Waals surface area contributed by atoms with Crippen molar-refractivity contribution in [2.45, 2.75) is 38.9 Å². The molecule has 5 aromatic rings. The molecule has 0 amide bonds. The van der Waals surface area contributed by atoms with Crippen LogP contribution in [0.1, 0.15) is 33.3 Å². The molecule has 0 bridgehead atoms. The molecule has 0 N–H and O–H groups in total. The number of nitrogens with zero attached hydrogens (tertiary/aromatic N) is 4. The quantitative estimate of drug-likeness (QED) is 0.268. The van der Waals surface area contributed by atoms with Crippen molar-refractivity contribution in [1.29, 1.82) is 5.26 Å². The van der Waals surface area contributed by atoms with Gasteiger partial charge in [-0.15, -0.1) is 0 Å². The Bertz CT molecular complexity index is 1740. The van der Waals surface area contributed by atoms with Crippen molar-refractivity contribution in [3.63, 3.8) is 0 Å². The van der Waals surface area contributed by atoms with E-state index < -0.39 is 18.3 Å². The number of aromatic nitrogens is 3. The van der Waals surface area contributed by atoms with Crippen LogP contribution in [0.2, 0.25) is 0 Å². The topological polar surface area (TPSA) is 80.9 Å². The third kappa shape index (κ3) is 4.59. The molecule has 7 heteroatoms. The zero-order chi connectivity index (χ0) is 27.2. The van der Waals surface area contributed by atoms with E-state index in [0.717, 1.165) is 27.4 Å². The van der Waals surface area contributed by atoms with Gasteiger partial charge in [0.15, 0.2) is 17.5 Å². The minimum absolute atomic E-state index is 0.446. The number of hydrogen-bond acceptors (Lipinski definition) is 6. The minimum Gasteiger partial charge on any atom is -0.399 e. The van der Waals surface area contributed by atoms with Gasteiger partial charge in [0.05, 0.1) is 22.8 Å². The molecule has 1 fully saturated rings. The van der Waals surface area contributed by atoms with E-state index in [0.29, 0.717) is 28.6 Å². The van der Waals surface area contributed by atoms with E-state index in [1.165, 1.54) is 0 Å². The van der Waals surface area contributed by atoms with Gasteiger partial charge in [0.25, 0.3) is 0 Å². The van der Waals surface area contributed by atoms with Crippen molar-refractivity contribution in [2.75, 3.05) is 0 Å². The van der Waals surface area contributed by atoms with Crippen molar-refractivity contribution in [3.05, 3.63) is 96.6 Å². The second-order valence-electron chi connectivity index (χ2n) is 10.7. The van der Waals surface area contributed by atoms with Crippen molar-refractivity contribution in [3.8, 4) is 40.2 Å². The molecule has 2 heterocycles. The third-order valence-corrected chi connectivity index (χ3v) is 7.60. The fourth-order valence-electron chi connectivity index (χ4n) is 4.66. The molecule has 0 atom stereocenters. The van der Waals surface area contributed by atoms with Gasteiger partial charge in [-0.05, 0) is 62.1 Å². The van der Waals surface area contributed by atoms with E-state index in [2.05, 4.69) is 30.3 Å². The van der Waals surface area contributed by atoms with Gasteiger partial charge in [-0.25, -0.2) is 15.0 Å². The van der Waals surface area contributed by atoms with Crippen molar-refractivity contribution >= 4 is 23.4 Å². The van der Waals surface area contributed by atoms with Gasteiger partial charge in [0.2, 0.25) is 0 Å². The first-order valence-corrected chi connectivity index (χ1v) is 12.9. The molecular weight excluding hydrogens is 483 g/mol. The first kappa shape index (κ1) is 24.9. The van der Waals surface area contributed by atoms with Gasteiger partial charge >= 0.3 is 7.12 Å². The highest BCUT2D eigenvalue weighted by Gasteiger charge is 2.51. The van der Waals surface area contributed by atoms with E-state index in [-0.39, 0.29) is 0 Å². The predicted octanol–water partition coefficient (Wildman–Crippen LogP) is 6.20. The molecule has 4 aromatic carbocycles. The van der Waals surface area contributed by atoms with Gasteiger partial charge in [0.1, 0.15) is 0 Å². The number of fused-ring (bicyclic) bond motifs is 1. The Labute approximate surface area is 228 Å². The van der Waals surface area contributed by atoms with E-state index >= 15 is 0 Å². The summed E-state index contributed by atoms with van der Waals surface area (Å²) in [5.74, 6) is 1.49. The number of nitriles is 1. The molecular formula is C32H27BN4O2. The molecule has 0 aliphatic carbocycles. The second-order valence-corrected chi connectivity index (χ2v) is 10.7. The number of hydrogen-bond donors (Lipinski definition) is 0. The third-order valence-electron chi connectivity index (χ3n) is 7.60. The molecule has 1 aliphatic rings. The Morgan fingerprint density at radius 3 is 1.97 bits per heavy atom. The highest BCUT2D eigenvalue weighted by atomic mass is 16.7. The summed E-state index contributed by atoms with van der Waals surface area (Å²) in [4.78, 5) is 14.6. The van der Waals surface area contributed by atoms with Crippen molar-refractivity contribution < 1.29 is 9.31 Å².